The van der Waals surface area contributed by atoms with Crippen LogP contribution >= 0.6 is 0 Å². The molecule has 0 bridgehead atoms. The molecule has 1 heterocycles. The normalized spacial score (nSPS) is 26.3. The minimum absolute atomic E-state index is 0.147. The number of carbonyl (C=O) groups is 2. The number of aliphatic hydroxyl groups excluding tert-OH is 1. The van der Waals surface area contributed by atoms with E-state index in [9.17, 15) is 9.59 Å². The number of carbonyl (C=O) groups excluding carboxylic acids is 2. The number of rotatable bonds is 3. The monoisotopic (exact) mass is 231 g/mol. The Morgan fingerprint density at radius 2 is 1.71 bits per heavy atom. The largest absolute Gasteiger partial charge is 0.396 e. The third kappa shape index (κ3) is 1.56. The molecule has 0 aromatic heterocycles. The molecule has 3 rings (SSSR count). The summed E-state index contributed by atoms with van der Waals surface area (Å²) in [4.78, 5) is 25.3. The minimum atomic E-state index is -0.200. The third-order valence-electron chi connectivity index (χ3n) is 3.60. The average Bonchev–Trinajstić information content (AvgIpc) is 3.08. The van der Waals surface area contributed by atoms with E-state index in [4.69, 9.17) is 5.11 Å². The van der Waals surface area contributed by atoms with Crippen LogP contribution in [0.25, 0.3) is 0 Å². The van der Waals surface area contributed by atoms with E-state index in [0.717, 1.165) is 6.42 Å². The Balaban J connectivity index is 1.81. The summed E-state index contributed by atoms with van der Waals surface area (Å²) in [6.45, 7) is 0.589. The molecule has 1 aliphatic carbocycles. The molecule has 4 nitrogen and oxygen atoms in total. The molecule has 1 saturated carbocycles. The third-order valence-corrected chi connectivity index (χ3v) is 3.60. The molecule has 1 aliphatic heterocycles. The van der Waals surface area contributed by atoms with Crippen LogP contribution < -0.4 is 0 Å². The summed E-state index contributed by atoms with van der Waals surface area (Å²) in [6.07, 6.45) is 0.907. The van der Waals surface area contributed by atoms with Gasteiger partial charge in [-0.2, -0.15) is 0 Å². The fourth-order valence-electron chi connectivity index (χ4n) is 2.40. The maximum atomic E-state index is 12.0. The lowest BCUT2D eigenvalue weighted by Crippen LogP contribution is -2.32. The zero-order chi connectivity index (χ0) is 12.0. The molecule has 0 unspecified atom stereocenters. The Morgan fingerprint density at radius 3 is 2.18 bits per heavy atom. The van der Waals surface area contributed by atoms with Gasteiger partial charge in [0.15, 0.2) is 0 Å². The Bertz CT molecular complexity index is 462. The van der Waals surface area contributed by atoms with E-state index in [0.29, 0.717) is 17.7 Å². The molecule has 88 valence electrons. The lowest BCUT2D eigenvalue weighted by Gasteiger charge is -2.13. The molecule has 2 aliphatic rings. The lowest BCUT2D eigenvalue weighted by molar-refractivity contribution is 0.0642. The zero-order valence-corrected chi connectivity index (χ0v) is 9.30. The van der Waals surface area contributed by atoms with Crippen molar-refractivity contribution in [1.29, 1.82) is 0 Å². The van der Waals surface area contributed by atoms with Crippen LogP contribution in [0.5, 0.6) is 0 Å². The number of fused-ring (bicyclic) bond motifs is 1. The van der Waals surface area contributed by atoms with Gasteiger partial charge < -0.3 is 5.11 Å². The number of hydrogen-bond acceptors (Lipinski definition) is 3. The highest BCUT2D eigenvalue weighted by molar-refractivity contribution is 6.21. The maximum Gasteiger partial charge on any atom is 0.261 e. The van der Waals surface area contributed by atoms with Crippen molar-refractivity contribution >= 4 is 11.8 Å². The van der Waals surface area contributed by atoms with E-state index in [1.54, 1.807) is 24.3 Å². The summed E-state index contributed by atoms with van der Waals surface area (Å²) in [6, 6.07) is 6.90. The van der Waals surface area contributed by atoms with Crippen molar-refractivity contribution < 1.29 is 14.7 Å². The SMILES string of the molecule is O=C1c2ccccc2C(=O)N1C[C@@H]1C[C@H]1CO. The highest BCUT2D eigenvalue weighted by atomic mass is 16.3. The van der Waals surface area contributed by atoms with E-state index in [2.05, 4.69) is 0 Å². The number of benzene rings is 1. The predicted molar refractivity (Wildman–Crippen MR) is 60.5 cm³/mol. The first kappa shape index (κ1) is 10.5. The van der Waals surface area contributed by atoms with Crippen molar-refractivity contribution in [3.63, 3.8) is 0 Å². The van der Waals surface area contributed by atoms with Crippen molar-refractivity contribution in [2.75, 3.05) is 13.2 Å². The van der Waals surface area contributed by atoms with Gasteiger partial charge in [0, 0.05) is 13.2 Å². The molecule has 0 saturated heterocycles. The fraction of sp³-hybridized carbons (Fsp3) is 0.385. The molecular formula is C13H13NO3. The summed E-state index contributed by atoms with van der Waals surface area (Å²) in [7, 11) is 0. The fourth-order valence-corrected chi connectivity index (χ4v) is 2.40. The van der Waals surface area contributed by atoms with Crippen molar-refractivity contribution in [2.45, 2.75) is 6.42 Å². The van der Waals surface area contributed by atoms with Crippen LogP contribution in [-0.2, 0) is 0 Å². The molecule has 2 atom stereocenters. The van der Waals surface area contributed by atoms with Gasteiger partial charge in [-0.3, -0.25) is 14.5 Å². The highest BCUT2D eigenvalue weighted by Crippen LogP contribution is 2.39. The molecule has 17 heavy (non-hydrogen) atoms. The molecule has 1 aromatic rings. The maximum absolute atomic E-state index is 12.0. The molecular weight excluding hydrogens is 218 g/mol. The number of amides is 2. The smallest absolute Gasteiger partial charge is 0.261 e. The quantitative estimate of drug-likeness (QED) is 0.787. The van der Waals surface area contributed by atoms with E-state index < -0.39 is 0 Å². The zero-order valence-electron chi connectivity index (χ0n) is 9.30. The first-order valence-corrected chi connectivity index (χ1v) is 5.78. The van der Waals surface area contributed by atoms with E-state index in [1.165, 1.54) is 4.90 Å². The summed E-state index contributed by atoms with van der Waals surface area (Å²) < 4.78 is 0. The summed E-state index contributed by atoms with van der Waals surface area (Å²) in [5.41, 5.74) is 0.998. The molecule has 1 fully saturated rings. The van der Waals surface area contributed by atoms with Crippen molar-refractivity contribution in [1.82, 2.24) is 4.90 Å². The standard InChI is InChI=1S/C13H13NO3/c15-7-9-5-8(9)6-14-12(16)10-3-1-2-4-11(10)13(14)17/h1-4,8-9,15H,5-7H2/t8-,9-/m0/s1. The Hall–Kier alpha value is -1.68. The Morgan fingerprint density at radius 1 is 1.12 bits per heavy atom. The Kier molecular flexibility index (Phi) is 2.26. The minimum Gasteiger partial charge on any atom is -0.396 e. The van der Waals surface area contributed by atoms with Crippen LogP contribution in [0.15, 0.2) is 24.3 Å². The first-order chi connectivity index (χ1) is 8.22. The van der Waals surface area contributed by atoms with E-state index in [1.807, 2.05) is 0 Å². The molecule has 4 heteroatoms. The predicted octanol–water partition coefficient (Wildman–Crippen LogP) is 0.911. The van der Waals surface area contributed by atoms with Gasteiger partial charge in [0.1, 0.15) is 0 Å². The molecule has 0 spiro atoms. The van der Waals surface area contributed by atoms with Gasteiger partial charge in [-0.15, -0.1) is 0 Å². The number of aliphatic hydroxyl groups is 1. The van der Waals surface area contributed by atoms with Gasteiger partial charge in [0.2, 0.25) is 0 Å². The molecule has 1 N–H and O–H groups in total. The second kappa shape index (κ2) is 3.67. The average molecular weight is 231 g/mol. The summed E-state index contributed by atoms with van der Waals surface area (Å²) in [5.74, 6) is 0.143. The lowest BCUT2D eigenvalue weighted by atomic mass is 10.1. The van der Waals surface area contributed by atoms with Crippen LogP contribution in [0.1, 0.15) is 27.1 Å². The second-order valence-electron chi connectivity index (χ2n) is 4.70. The van der Waals surface area contributed by atoms with Gasteiger partial charge >= 0.3 is 0 Å². The molecule has 0 radical (unpaired) electrons. The van der Waals surface area contributed by atoms with Crippen LogP contribution in [0.2, 0.25) is 0 Å². The van der Waals surface area contributed by atoms with Gasteiger partial charge in [-0.05, 0) is 30.4 Å². The number of nitrogens with zero attached hydrogens (tertiary/aromatic N) is 1. The topological polar surface area (TPSA) is 57.6 Å². The Labute approximate surface area is 98.9 Å². The van der Waals surface area contributed by atoms with Crippen LogP contribution in [-0.4, -0.2) is 35.0 Å². The first-order valence-electron chi connectivity index (χ1n) is 5.78. The van der Waals surface area contributed by atoms with Crippen LogP contribution in [0.4, 0.5) is 0 Å². The summed E-state index contributed by atoms with van der Waals surface area (Å²) >= 11 is 0. The van der Waals surface area contributed by atoms with Crippen LogP contribution in [0.3, 0.4) is 0 Å². The van der Waals surface area contributed by atoms with Crippen molar-refractivity contribution in [2.24, 2.45) is 11.8 Å². The van der Waals surface area contributed by atoms with Crippen molar-refractivity contribution in [3.05, 3.63) is 35.4 Å². The van der Waals surface area contributed by atoms with E-state index >= 15 is 0 Å². The van der Waals surface area contributed by atoms with Gasteiger partial charge in [-0.1, -0.05) is 12.1 Å². The van der Waals surface area contributed by atoms with Gasteiger partial charge in [-0.25, -0.2) is 0 Å². The number of hydrogen-bond donors (Lipinski definition) is 1. The van der Waals surface area contributed by atoms with Crippen LogP contribution in [0, 0.1) is 11.8 Å². The molecule has 1 aromatic carbocycles. The van der Waals surface area contributed by atoms with Crippen molar-refractivity contribution in [3.8, 4) is 0 Å². The van der Waals surface area contributed by atoms with Gasteiger partial charge in [0.05, 0.1) is 11.1 Å². The van der Waals surface area contributed by atoms with E-state index in [-0.39, 0.29) is 30.3 Å². The molecule has 2 amide bonds. The summed E-state index contributed by atoms with van der Waals surface area (Å²) in [5, 5.41) is 8.97. The number of imide groups is 1. The van der Waals surface area contributed by atoms with Gasteiger partial charge in [0.25, 0.3) is 11.8 Å². The second-order valence-corrected chi connectivity index (χ2v) is 4.70. The highest BCUT2D eigenvalue weighted by Gasteiger charge is 2.43.